The Morgan fingerprint density at radius 2 is 2.00 bits per heavy atom. The summed E-state index contributed by atoms with van der Waals surface area (Å²) in [6.45, 7) is 1.74. The van der Waals surface area contributed by atoms with Crippen LogP contribution in [0.5, 0.6) is 0 Å². The van der Waals surface area contributed by atoms with Crippen LogP contribution in [-0.2, 0) is 0 Å². The van der Waals surface area contributed by atoms with Crippen molar-refractivity contribution in [1.29, 1.82) is 5.26 Å². The maximum atomic E-state index is 12.1. The van der Waals surface area contributed by atoms with E-state index in [1.165, 1.54) is 6.42 Å². The molecule has 5 nitrogen and oxygen atoms in total. The lowest BCUT2D eigenvalue weighted by molar-refractivity contribution is 0.0898. The van der Waals surface area contributed by atoms with Crippen LogP contribution in [0.15, 0.2) is 10.6 Å². The number of hydrogen-bond acceptors (Lipinski definition) is 4. The molecule has 1 fully saturated rings. The maximum Gasteiger partial charge on any atom is 0.274 e. The van der Waals surface area contributed by atoms with Crippen molar-refractivity contribution >= 4 is 5.91 Å². The molecule has 0 atom stereocenters. The number of nitriles is 1. The SMILES string of the molecule is Cc1cc(C(=O)NC2(C#N)CCCCCCC2)no1. The van der Waals surface area contributed by atoms with Crippen LogP contribution in [0.2, 0.25) is 0 Å². The van der Waals surface area contributed by atoms with Gasteiger partial charge in [-0.1, -0.05) is 37.3 Å². The smallest absolute Gasteiger partial charge is 0.274 e. The first-order chi connectivity index (χ1) is 9.15. The van der Waals surface area contributed by atoms with Gasteiger partial charge in [0.15, 0.2) is 5.69 Å². The van der Waals surface area contributed by atoms with Crippen LogP contribution in [0, 0.1) is 18.3 Å². The summed E-state index contributed by atoms with van der Waals surface area (Å²) in [6, 6.07) is 3.89. The molecule has 5 heteroatoms. The van der Waals surface area contributed by atoms with E-state index in [2.05, 4.69) is 16.5 Å². The van der Waals surface area contributed by atoms with Crippen LogP contribution < -0.4 is 5.32 Å². The second-order valence-electron chi connectivity index (χ2n) is 5.24. The number of nitrogens with one attached hydrogen (secondary N) is 1. The molecule has 1 aromatic heterocycles. The van der Waals surface area contributed by atoms with Crippen LogP contribution >= 0.6 is 0 Å². The largest absolute Gasteiger partial charge is 0.361 e. The van der Waals surface area contributed by atoms with E-state index in [0.717, 1.165) is 25.7 Å². The Morgan fingerprint density at radius 1 is 1.37 bits per heavy atom. The molecule has 1 amide bonds. The summed E-state index contributed by atoms with van der Waals surface area (Å²) in [5.41, 5.74) is -0.501. The lowest BCUT2D eigenvalue weighted by Gasteiger charge is -2.29. The summed E-state index contributed by atoms with van der Waals surface area (Å²) in [7, 11) is 0. The zero-order chi connectivity index (χ0) is 13.7. The molecule has 0 spiro atoms. The van der Waals surface area contributed by atoms with Crippen molar-refractivity contribution in [2.24, 2.45) is 0 Å². The van der Waals surface area contributed by atoms with Gasteiger partial charge in [-0.15, -0.1) is 0 Å². The van der Waals surface area contributed by atoms with Crippen molar-refractivity contribution in [3.8, 4) is 6.07 Å². The van der Waals surface area contributed by atoms with Crippen LogP contribution in [-0.4, -0.2) is 16.6 Å². The molecule has 1 N–H and O–H groups in total. The average Bonchev–Trinajstić information content (AvgIpc) is 2.80. The standard InChI is InChI=1S/C14H19N3O2/c1-11-9-12(17-19-11)13(18)16-14(10-15)7-5-3-2-4-6-8-14/h9H,2-8H2,1H3,(H,16,18). The minimum absolute atomic E-state index is 0.245. The van der Waals surface area contributed by atoms with Crippen molar-refractivity contribution < 1.29 is 9.32 Å². The lowest BCUT2D eigenvalue weighted by atomic mass is 9.85. The summed E-state index contributed by atoms with van der Waals surface area (Å²) in [5, 5.41) is 16.0. The summed E-state index contributed by atoms with van der Waals surface area (Å²) in [5.74, 6) is 0.271. The number of nitrogens with zero attached hydrogens (tertiary/aromatic N) is 2. The fourth-order valence-corrected chi connectivity index (χ4v) is 2.53. The highest BCUT2D eigenvalue weighted by Crippen LogP contribution is 2.26. The predicted octanol–water partition coefficient (Wildman–Crippen LogP) is 2.72. The fraction of sp³-hybridized carbons (Fsp3) is 0.643. The molecule has 0 saturated heterocycles. The molecule has 1 aliphatic rings. The molecular weight excluding hydrogens is 242 g/mol. The highest BCUT2D eigenvalue weighted by Gasteiger charge is 2.32. The quantitative estimate of drug-likeness (QED) is 0.887. The summed E-state index contributed by atoms with van der Waals surface area (Å²) in [4.78, 5) is 12.1. The normalized spacial score (nSPS) is 18.9. The van der Waals surface area contributed by atoms with Gasteiger partial charge in [0.05, 0.1) is 6.07 Å². The minimum atomic E-state index is -0.746. The Balaban J connectivity index is 2.08. The van der Waals surface area contributed by atoms with Gasteiger partial charge >= 0.3 is 0 Å². The zero-order valence-corrected chi connectivity index (χ0v) is 11.2. The lowest BCUT2D eigenvalue weighted by Crippen LogP contribution is -2.47. The molecule has 0 radical (unpaired) electrons. The van der Waals surface area contributed by atoms with E-state index in [-0.39, 0.29) is 11.6 Å². The van der Waals surface area contributed by atoms with Gasteiger partial charge < -0.3 is 9.84 Å². The van der Waals surface area contributed by atoms with E-state index in [1.54, 1.807) is 13.0 Å². The summed E-state index contributed by atoms with van der Waals surface area (Å²) >= 11 is 0. The molecule has 1 aliphatic carbocycles. The molecular formula is C14H19N3O2. The predicted molar refractivity (Wildman–Crippen MR) is 69.4 cm³/mol. The van der Waals surface area contributed by atoms with E-state index >= 15 is 0 Å². The Hall–Kier alpha value is -1.83. The van der Waals surface area contributed by atoms with Crippen LogP contribution in [0.25, 0.3) is 0 Å². The molecule has 1 saturated carbocycles. The third kappa shape index (κ3) is 3.34. The second-order valence-corrected chi connectivity index (χ2v) is 5.24. The Bertz CT molecular complexity index is 479. The maximum absolute atomic E-state index is 12.1. The second kappa shape index (κ2) is 5.87. The molecule has 0 bridgehead atoms. The van der Waals surface area contributed by atoms with E-state index in [0.29, 0.717) is 18.6 Å². The van der Waals surface area contributed by atoms with Crippen LogP contribution in [0.1, 0.15) is 61.2 Å². The monoisotopic (exact) mass is 261 g/mol. The zero-order valence-electron chi connectivity index (χ0n) is 11.2. The van der Waals surface area contributed by atoms with Crippen molar-refractivity contribution in [1.82, 2.24) is 10.5 Å². The highest BCUT2D eigenvalue weighted by molar-refractivity contribution is 5.93. The number of aromatic nitrogens is 1. The summed E-state index contributed by atoms with van der Waals surface area (Å²) < 4.78 is 4.89. The topological polar surface area (TPSA) is 78.9 Å². The third-order valence-electron chi connectivity index (χ3n) is 3.63. The molecule has 1 aromatic rings. The highest BCUT2D eigenvalue weighted by atomic mass is 16.5. The first-order valence-electron chi connectivity index (χ1n) is 6.82. The number of amides is 1. The molecule has 0 unspecified atom stereocenters. The van der Waals surface area contributed by atoms with Crippen LogP contribution in [0.4, 0.5) is 0 Å². The number of carbonyl (C=O) groups is 1. The Labute approximate surface area is 113 Å². The molecule has 0 aromatic carbocycles. The van der Waals surface area contributed by atoms with Gasteiger partial charge in [0.1, 0.15) is 11.3 Å². The van der Waals surface area contributed by atoms with Gasteiger partial charge in [-0.2, -0.15) is 5.26 Å². The van der Waals surface area contributed by atoms with E-state index in [4.69, 9.17) is 4.52 Å². The van der Waals surface area contributed by atoms with Gasteiger partial charge in [-0.05, 0) is 19.8 Å². The van der Waals surface area contributed by atoms with Crippen molar-refractivity contribution in [2.45, 2.75) is 57.4 Å². The molecule has 102 valence electrons. The average molecular weight is 261 g/mol. The van der Waals surface area contributed by atoms with Crippen molar-refractivity contribution in [3.63, 3.8) is 0 Å². The van der Waals surface area contributed by atoms with Gasteiger partial charge in [-0.25, -0.2) is 0 Å². The molecule has 19 heavy (non-hydrogen) atoms. The number of hydrogen-bond donors (Lipinski definition) is 1. The molecule has 1 heterocycles. The van der Waals surface area contributed by atoms with E-state index < -0.39 is 5.54 Å². The fourth-order valence-electron chi connectivity index (χ4n) is 2.53. The molecule has 2 rings (SSSR count). The molecule has 0 aliphatic heterocycles. The third-order valence-corrected chi connectivity index (χ3v) is 3.63. The van der Waals surface area contributed by atoms with Crippen LogP contribution in [0.3, 0.4) is 0 Å². The number of carbonyl (C=O) groups excluding carboxylic acids is 1. The number of aryl methyl sites for hydroxylation is 1. The van der Waals surface area contributed by atoms with Crippen molar-refractivity contribution in [2.75, 3.05) is 0 Å². The van der Waals surface area contributed by atoms with Gasteiger partial charge in [0, 0.05) is 6.07 Å². The van der Waals surface area contributed by atoms with Crippen molar-refractivity contribution in [3.05, 3.63) is 17.5 Å². The minimum Gasteiger partial charge on any atom is -0.361 e. The Kier molecular flexibility index (Phi) is 4.20. The first kappa shape index (κ1) is 13.6. The van der Waals surface area contributed by atoms with Gasteiger partial charge in [0.2, 0.25) is 0 Å². The summed E-state index contributed by atoms with van der Waals surface area (Å²) in [6.07, 6.45) is 6.86. The van der Waals surface area contributed by atoms with E-state index in [1.807, 2.05) is 0 Å². The van der Waals surface area contributed by atoms with Gasteiger partial charge in [0.25, 0.3) is 5.91 Å². The van der Waals surface area contributed by atoms with E-state index in [9.17, 15) is 10.1 Å². The number of rotatable bonds is 2. The van der Waals surface area contributed by atoms with Gasteiger partial charge in [-0.3, -0.25) is 4.79 Å². The Morgan fingerprint density at radius 3 is 2.53 bits per heavy atom. The first-order valence-corrected chi connectivity index (χ1v) is 6.82.